The molecule has 0 unspecified atom stereocenters. The maximum Gasteiger partial charge on any atom is 0.217 e. The first kappa shape index (κ1) is 10.9. The van der Waals surface area contributed by atoms with E-state index >= 15 is 0 Å². The topological polar surface area (TPSA) is 98.2 Å². The highest BCUT2D eigenvalue weighted by Gasteiger charge is 2.04. The summed E-state index contributed by atoms with van der Waals surface area (Å²) in [4.78, 5) is 20.7. The number of carbonyl (C=O) groups is 2. The van der Waals surface area contributed by atoms with E-state index in [1.54, 1.807) is 0 Å². The molecule has 0 bridgehead atoms. The molecule has 0 rings (SSSR count). The molecule has 5 N–H and O–H groups in total. The van der Waals surface area contributed by atoms with E-state index in [4.69, 9.17) is 11.5 Å². The molecule has 0 saturated heterocycles. The molecule has 0 aromatic carbocycles. The molecule has 0 aliphatic carbocycles. The smallest absolute Gasteiger partial charge is 0.217 e. The van der Waals surface area contributed by atoms with Crippen molar-refractivity contribution in [3.8, 4) is 0 Å². The van der Waals surface area contributed by atoms with Crippen LogP contribution in [0, 0.1) is 0 Å². The molecule has 0 heterocycles. The summed E-state index contributed by atoms with van der Waals surface area (Å²) in [5, 5.41) is 2.55. The number of hydrogen-bond acceptors (Lipinski definition) is 3. The molecular weight excluding hydrogens is 158 g/mol. The summed E-state index contributed by atoms with van der Waals surface area (Å²) < 4.78 is 0. The van der Waals surface area contributed by atoms with E-state index < -0.39 is 0 Å². The van der Waals surface area contributed by atoms with Crippen molar-refractivity contribution in [1.82, 2.24) is 5.32 Å². The van der Waals surface area contributed by atoms with Crippen LogP contribution in [0.4, 0.5) is 0 Å². The zero-order valence-corrected chi connectivity index (χ0v) is 7.17. The van der Waals surface area contributed by atoms with Gasteiger partial charge in [0, 0.05) is 25.9 Å². The minimum Gasteiger partial charge on any atom is -0.370 e. The normalized spacial score (nSPS) is 12.2. The third kappa shape index (κ3) is 7.01. The highest BCUT2D eigenvalue weighted by molar-refractivity contribution is 5.74. The van der Waals surface area contributed by atoms with Crippen LogP contribution in [0.3, 0.4) is 0 Å². The van der Waals surface area contributed by atoms with Crippen molar-refractivity contribution in [2.45, 2.75) is 25.8 Å². The van der Waals surface area contributed by atoms with Gasteiger partial charge in [0.2, 0.25) is 11.8 Å². The highest BCUT2D eigenvalue weighted by atomic mass is 16.1. The van der Waals surface area contributed by atoms with E-state index in [0.29, 0.717) is 13.0 Å². The molecule has 0 saturated carbocycles. The third-order valence-electron chi connectivity index (χ3n) is 1.37. The Morgan fingerprint density at radius 2 is 2.08 bits per heavy atom. The number of primary amides is 1. The number of amides is 2. The number of hydrogen-bond donors (Lipinski definition) is 3. The molecule has 1 atom stereocenters. The van der Waals surface area contributed by atoms with Crippen LogP contribution in [-0.2, 0) is 9.59 Å². The number of nitrogens with one attached hydrogen (secondary N) is 1. The summed E-state index contributed by atoms with van der Waals surface area (Å²) in [7, 11) is 0. The van der Waals surface area contributed by atoms with Crippen LogP contribution in [0.2, 0.25) is 0 Å². The minimum atomic E-state index is -0.367. The second-order valence-corrected chi connectivity index (χ2v) is 2.70. The first-order valence-electron chi connectivity index (χ1n) is 3.80. The average Bonchev–Trinajstić information content (AvgIpc) is 1.96. The summed E-state index contributed by atoms with van der Waals surface area (Å²) in [6.45, 7) is 1.81. The van der Waals surface area contributed by atoms with Crippen LogP contribution in [0.15, 0.2) is 0 Å². The van der Waals surface area contributed by atoms with Gasteiger partial charge in [-0.1, -0.05) is 0 Å². The standard InChI is InChI=1S/C7H15N3O2/c1-5(11)10-4-6(8)2-3-7(9)12/h6H,2-4,8H2,1H3,(H2,9,12)(H,10,11)/t6-/m0/s1. The Morgan fingerprint density at radius 3 is 2.50 bits per heavy atom. The molecule has 0 spiro atoms. The number of nitrogens with two attached hydrogens (primary N) is 2. The maximum atomic E-state index is 10.4. The van der Waals surface area contributed by atoms with E-state index in [-0.39, 0.29) is 24.3 Å². The van der Waals surface area contributed by atoms with Crippen molar-refractivity contribution in [1.29, 1.82) is 0 Å². The second-order valence-electron chi connectivity index (χ2n) is 2.70. The van der Waals surface area contributed by atoms with Gasteiger partial charge in [-0.25, -0.2) is 0 Å². The van der Waals surface area contributed by atoms with Crippen LogP contribution in [-0.4, -0.2) is 24.4 Å². The molecule has 12 heavy (non-hydrogen) atoms. The molecule has 0 fully saturated rings. The van der Waals surface area contributed by atoms with Crippen molar-refractivity contribution in [3.63, 3.8) is 0 Å². The molecule has 0 aliphatic rings. The Hall–Kier alpha value is -1.10. The van der Waals surface area contributed by atoms with Gasteiger partial charge < -0.3 is 16.8 Å². The predicted molar refractivity (Wildman–Crippen MR) is 45.1 cm³/mol. The Balaban J connectivity index is 3.39. The van der Waals surface area contributed by atoms with Crippen LogP contribution >= 0.6 is 0 Å². The molecule has 0 radical (unpaired) electrons. The van der Waals surface area contributed by atoms with Crippen molar-refractivity contribution in [2.24, 2.45) is 11.5 Å². The van der Waals surface area contributed by atoms with E-state index in [1.807, 2.05) is 0 Å². The molecule has 70 valence electrons. The zero-order chi connectivity index (χ0) is 9.56. The Labute approximate surface area is 71.5 Å². The lowest BCUT2D eigenvalue weighted by Gasteiger charge is -2.09. The highest BCUT2D eigenvalue weighted by Crippen LogP contribution is 1.91. The van der Waals surface area contributed by atoms with Gasteiger partial charge in [0.15, 0.2) is 0 Å². The van der Waals surface area contributed by atoms with Crippen LogP contribution < -0.4 is 16.8 Å². The van der Waals surface area contributed by atoms with Gasteiger partial charge in [-0.05, 0) is 6.42 Å². The van der Waals surface area contributed by atoms with Gasteiger partial charge in [-0.2, -0.15) is 0 Å². The molecule has 2 amide bonds. The van der Waals surface area contributed by atoms with E-state index in [1.165, 1.54) is 6.92 Å². The van der Waals surface area contributed by atoms with Crippen LogP contribution in [0.5, 0.6) is 0 Å². The molecule has 5 heteroatoms. The Bertz CT molecular complexity index is 152. The van der Waals surface area contributed by atoms with Crippen LogP contribution in [0.1, 0.15) is 19.8 Å². The van der Waals surface area contributed by atoms with Gasteiger partial charge in [0.05, 0.1) is 0 Å². The quantitative estimate of drug-likeness (QED) is 0.482. The van der Waals surface area contributed by atoms with Crippen molar-refractivity contribution < 1.29 is 9.59 Å². The van der Waals surface area contributed by atoms with E-state index in [2.05, 4.69) is 5.32 Å². The predicted octanol–water partition coefficient (Wildman–Crippen LogP) is -1.28. The number of rotatable bonds is 5. The lowest BCUT2D eigenvalue weighted by molar-refractivity contribution is -0.119. The van der Waals surface area contributed by atoms with Gasteiger partial charge in [0.1, 0.15) is 0 Å². The first-order valence-corrected chi connectivity index (χ1v) is 3.80. The summed E-state index contributed by atoms with van der Waals surface area (Å²) in [5.41, 5.74) is 10.5. The van der Waals surface area contributed by atoms with Gasteiger partial charge in [-0.3, -0.25) is 9.59 Å². The molecule has 5 nitrogen and oxygen atoms in total. The SMILES string of the molecule is CC(=O)NC[C@@H](N)CCC(N)=O. The summed E-state index contributed by atoms with van der Waals surface area (Å²) in [6.07, 6.45) is 0.774. The van der Waals surface area contributed by atoms with Gasteiger partial charge in [0.25, 0.3) is 0 Å². The van der Waals surface area contributed by atoms with Gasteiger partial charge in [-0.15, -0.1) is 0 Å². The fraction of sp³-hybridized carbons (Fsp3) is 0.714. The summed E-state index contributed by atoms with van der Waals surface area (Å²) >= 11 is 0. The molecule has 0 aromatic rings. The van der Waals surface area contributed by atoms with Crippen molar-refractivity contribution >= 4 is 11.8 Å². The summed E-state index contributed by atoms with van der Waals surface area (Å²) in [5.74, 6) is -0.488. The lowest BCUT2D eigenvalue weighted by atomic mass is 10.1. The maximum absolute atomic E-state index is 10.4. The fourth-order valence-corrected chi connectivity index (χ4v) is 0.705. The molecular formula is C7H15N3O2. The lowest BCUT2D eigenvalue weighted by Crippen LogP contribution is -2.36. The largest absolute Gasteiger partial charge is 0.370 e. The van der Waals surface area contributed by atoms with Crippen LogP contribution in [0.25, 0.3) is 0 Å². The fourth-order valence-electron chi connectivity index (χ4n) is 0.705. The first-order chi connectivity index (χ1) is 5.52. The van der Waals surface area contributed by atoms with Gasteiger partial charge >= 0.3 is 0 Å². The van der Waals surface area contributed by atoms with E-state index in [9.17, 15) is 9.59 Å². The van der Waals surface area contributed by atoms with E-state index in [0.717, 1.165) is 0 Å². The minimum absolute atomic E-state index is 0.121. The third-order valence-corrected chi connectivity index (χ3v) is 1.37. The van der Waals surface area contributed by atoms with Crippen molar-refractivity contribution in [2.75, 3.05) is 6.54 Å². The number of carbonyl (C=O) groups excluding carboxylic acids is 2. The summed E-state index contributed by atoms with van der Waals surface area (Å²) in [6, 6.07) is -0.193. The monoisotopic (exact) mass is 173 g/mol. The molecule has 0 aromatic heterocycles. The molecule has 0 aliphatic heterocycles. The zero-order valence-electron chi connectivity index (χ0n) is 7.17. The van der Waals surface area contributed by atoms with Crippen molar-refractivity contribution in [3.05, 3.63) is 0 Å². The second kappa shape index (κ2) is 5.54. The Kier molecular flexibility index (Phi) is 5.03. The average molecular weight is 173 g/mol. The Morgan fingerprint density at radius 1 is 1.50 bits per heavy atom.